The molecule has 2 aromatic rings. The van der Waals surface area contributed by atoms with E-state index in [0.717, 1.165) is 24.0 Å². The van der Waals surface area contributed by atoms with Crippen LogP contribution >= 0.6 is 0 Å². The summed E-state index contributed by atoms with van der Waals surface area (Å²) in [6.45, 7) is 6.54. The zero-order valence-corrected chi connectivity index (χ0v) is 15.6. The first kappa shape index (κ1) is 18.7. The molecule has 3 nitrogen and oxygen atoms in total. The van der Waals surface area contributed by atoms with Gasteiger partial charge in [0.2, 0.25) is 10.0 Å². The molecule has 0 amide bonds. The first-order valence-corrected chi connectivity index (χ1v) is 10.1. The van der Waals surface area contributed by atoms with Gasteiger partial charge in [-0.05, 0) is 61.1 Å². The lowest BCUT2D eigenvalue weighted by Crippen LogP contribution is -2.23. The third kappa shape index (κ3) is 4.92. The number of benzene rings is 2. The predicted molar refractivity (Wildman–Crippen MR) is 99.6 cm³/mol. The summed E-state index contributed by atoms with van der Waals surface area (Å²) in [7, 11) is -3.48. The molecule has 0 saturated carbocycles. The Morgan fingerprint density at radius 2 is 1.67 bits per heavy atom. The predicted octanol–water partition coefficient (Wildman–Crippen LogP) is 4.51. The minimum absolute atomic E-state index is 0.314. The van der Waals surface area contributed by atoms with E-state index in [2.05, 4.69) is 11.6 Å². The van der Waals surface area contributed by atoms with Gasteiger partial charge in [0.15, 0.2) is 0 Å². The van der Waals surface area contributed by atoms with Crippen molar-refractivity contribution in [1.82, 2.24) is 4.72 Å². The molecule has 2 aromatic carbocycles. The van der Waals surface area contributed by atoms with Crippen molar-refractivity contribution in [2.45, 2.75) is 57.9 Å². The van der Waals surface area contributed by atoms with E-state index >= 15 is 0 Å². The van der Waals surface area contributed by atoms with Crippen LogP contribution in [0.25, 0.3) is 0 Å². The molecule has 0 heterocycles. The summed E-state index contributed by atoms with van der Waals surface area (Å²) in [6, 6.07) is 13.2. The van der Waals surface area contributed by atoms with Gasteiger partial charge in [-0.1, -0.05) is 50.1 Å². The standard InChI is InChI=1S/C20H27NO2S/c1-4-5-6-9-18-11-13-20(14-12-18)24(22,23)21-15-19-10-7-8-16(2)17(19)3/h7-8,10-14,21H,4-6,9,15H2,1-3H3. The second-order valence-corrected chi connectivity index (χ2v) is 8.05. The van der Waals surface area contributed by atoms with E-state index in [1.165, 1.54) is 24.0 Å². The second kappa shape index (κ2) is 8.45. The Kier molecular flexibility index (Phi) is 6.58. The summed E-state index contributed by atoms with van der Waals surface area (Å²) >= 11 is 0. The molecule has 0 unspecified atom stereocenters. The molecule has 130 valence electrons. The van der Waals surface area contributed by atoms with Crippen molar-refractivity contribution >= 4 is 10.0 Å². The highest BCUT2D eigenvalue weighted by Crippen LogP contribution is 2.16. The first-order valence-electron chi connectivity index (χ1n) is 8.57. The molecule has 0 fully saturated rings. The van der Waals surface area contributed by atoms with Gasteiger partial charge >= 0.3 is 0 Å². The lowest BCUT2D eigenvalue weighted by Gasteiger charge is -2.11. The fourth-order valence-electron chi connectivity index (χ4n) is 2.67. The van der Waals surface area contributed by atoms with Gasteiger partial charge < -0.3 is 0 Å². The Labute approximate surface area is 146 Å². The third-order valence-corrected chi connectivity index (χ3v) is 5.89. The van der Waals surface area contributed by atoms with Gasteiger partial charge in [-0.3, -0.25) is 0 Å². The Balaban J connectivity index is 2.03. The van der Waals surface area contributed by atoms with Crippen LogP contribution in [-0.4, -0.2) is 8.42 Å². The highest BCUT2D eigenvalue weighted by Gasteiger charge is 2.14. The minimum Gasteiger partial charge on any atom is -0.207 e. The molecule has 0 aliphatic rings. The number of nitrogens with one attached hydrogen (secondary N) is 1. The van der Waals surface area contributed by atoms with E-state index in [1.807, 2.05) is 44.2 Å². The van der Waals surface area contributed by atoms with Gasteiger partial charge in [-0.2, -0.15) is 0 Å². The van der Waals surface area contributed by atoms with Gasteiger partial charge in [0.1, 0.15) is 0 Å². The van der Waals surface area contributed by atoms with E-state index in [4.69, 9.17) is 0 Å². The molecule has 0 aromatic heterocycles. The fraction of sp³-hybridized carbons (Fsp3) is 0.400. The van der Waals surface area contributed by atoms with Crippen LogP contribution in [0, 0.1) is 13.8 Å². The highest BCUT2D eigenvalue weighted by molar-refractivity contribution is 7.89. The van der Waals surface area contributed by atoms with Gasteiger partial charge in [0, 0.05) is 6.54 Å². The van der Waals surface area contributed by atoms with Gasteiger partial charge in [-0.15, -0.1) is 0 Å². The number of aryl methyl sites for hydroxylation is 2. The number of sulfonamides is 1. The highest BCUT2D eigenvalue weighted by atomic mass is 32.2. The second-order valence-electron chi connectivity index (χ2n) is 6.28. The molecule has 0 atom stereocenters. The maximum absolute atomic E-state index is 12.5. The van der Waals surface area contributed by atoms with Crippen molar-refractivity contribution in [2.75, 3.05) is 0 Å². The SMILES string of the molecule is CCCCCc1ccc(S(=O)(=O)NCc2cccc(C)c2C)cc1. The monoisotopic (exact) mass is 345 g/mol. The van der Waals surface area contributed by atoms with E-state index in [9.17, 15) is 8.42 Å². The minimum atomic E-state index is -3.48. The van der Waals surface area contributed by atoms with E-state index < -0.39 is 10.0 Å². The Morgan fingerprint density at radius 3 is 2.33 bits per heavy atom. The molecular formula is C20H27NO2S. The number of rotatable bonds is 8. The van der Waals surface area contributed by atoms with E-state index in [1.54, 1.807) is 12.1 Å². The van der Waals surface area contributed by atoms with Crippen molar-refractivity contribution in [1.29, 1.82) is 0 Å². The smallest absolute Gasteiger partial charge is 0.207 e. The zero-order chi connectivity index (χ0) is 17.6. The van der Waals surface area contributed by atoms with Crippen LogP contribution in [0.3, 0.4) is 0 Å². The molecule has 24 heavy (non-hydrogen) atoms. The molecule has 0 bridgehead atoms. The third-order valence-electron chi connectivity index (χ3n) is 4.47. The van der Waals surface area contributed by atoms with E-state index in [0.29, 0.717) is 11.4 Å². The summed E-state index contributed by atoms with van der Waals surface area (Å²) in [5.41, 5.74) is 4.50. The van der Waals surface area contributed by atoms with Crippen LogP contribution in [0.1, 0.15) is 48.4 Å². The van der Waals surface area contributed by atoms with Gasteiger partial charge in [0.05, 0.1) is 4.90 Å². The summed E-state index contributed by atoms with van der Waals surface area (Å²) in [5.74, 6) is 0. The van der Waals surface area contributed by atoms with Crippen LogP contribution in [-0.2, 0) is 23.0 Å². The van der Waals surface area contributed by atoms with Crippen molar-refractivity contribution in [3.8, 4) is 0 Å². The maximum atomic E-state index is 12.5. The first-order chi connectivity index (χ1) is 11.4. The van der Waals surface area contributed by atoms with E-state index in [-0.39, 0.29) is 0 Å². The van der Waals surface area contributed by atoms with Crippen LogP contribution in [0.5, 0.6) is 0 Å². The summed E-state index contributed by atoms with van der Waals surface area (Å²) in [6.07, 6.45) is 4.55. The largest absolute Gasteiger partial charge is 0.240 e. The number of hydrogen-bond acceptors (Lipinski definition) is 2. The van der Waals surface area contributed by atoms with Crippen molar-refractivity contribution in [2.24, 2.45) is 0 Å². The lowest BCUT2D eigenvalue weighted by molar-refractivity contribution is 0.581. The van der Waals surface area contributed by atoms with Crippen LogP contribution in [0.4, 0.5) is 0 Å². The molecule has 0 saturated heterocycles. The molecule has 0 aliphatic heterocycles. The number of hydrogen-bond donors (Lipinski definition) is 1. The van der Waals surface area contributed by atoms with Crippen molar-refractivity contribution in [3.05, 3.63) is 64.7 Å². The molecular weight excluding hydrogens is 318 g/mol. The molecule has 0 radical (unpaired) electrons. The lowest BCUT2D eigenvalue weighted by atomic mass is 10.0. The fourth-order valence-corrected chi connectivity index (χ4v) is 3.68. The molecule has 0 aliphatic carbocycles. The summed E-state index contributed by atoms with van der Waals surface area (Å²) in [4.78, 5) is 0.326. The number of unbranched alkanes of at least 4 members (excludes halogenated alkanes) is 2. The Morgan fingerprint density at radius 1 is 0.958 bits per heavy atom. The normalized spacial score (nSPS) is 11.6. The van der Waals surface area contributed by atoms with Crippen molar-refractivity contribution < 1.29 is 8.42 Å². The quantitative estimate of drug-likeness (QED) is 0.715. The maximum Gasteiger partial charge on any atom is 0.240 e. The van der Waals surface area contributed by atoms with Crippen LogP contribution < -0.4 is 4.72 Å². The zero-order valence-electron chi connectivity index (χ0n) is 14.8. The molecule has 4 heteroatoms. The van der Waals surface area contributed by atoms with Gasteiger partial charge in [0.25, 0.3) is 0 Å². The Hall–Kier alpha value is -1.65. The van der Waals surface area contributed by atoms with Crippen LogP contribution in [0.2, 0.25) is 0 Å². The topological polar surface area (TPSA) is 46.2 Å². The summed E-state index contributed by atoms with van der Waals surface area (Å²) < 4.78 is 27.6. The van der Waals surface area contributed by atoms with Crippen molar-refractivity contribution in [3.63, 3.8) is 0 Å². The molecule has 1 N–H and O–H groups in total. The summed E-state index contributed by atoms with van der Waals surface area (Å²) in [5, 5.41) is 0. The van der Waals surface area contributed by atoms with Crippen LogP contribution in [0.15, 0.2) is 47.4 Å². The Bertz CT molecular complexity index is 765. The molecule has 2 rings (SSSR count). The molecule has 0 spiro atoms. The average Bonchev–Trinajstić information content (AvgIpc) is 2.57. The van der Waals surface area contributed by atoms with Gasteiger partial charge in [-0.25, -0.2) is 13.1 Å². The average molecular weight is 346 g/mol.